The summed E-state index contributed by atoms with van der Waals surface area (Å²) in [5.74, 6) is 0.0339. The molecule has 0 bridgehead atoms. The number of carbonyl (C=O) groups is 1. The summed E-state index contributed by atoms with van der Waals surface area (Å²) in [6.07, 6.45) is 0. The van der Waals surface area contributed by atoms with E-state index in [0.29, 0.717) is 11.4 Å². The van der Waals surface area contributed by atoms with Crippen LogP contribution in [0, 0.1) is 12.8 Å². The zero-order valence-electron chi connectivity index (χ0n) is 11.9. The van der Waals surface area contributed by atoms with Gasteiger partial charge in [-0.3, -0.25) is 9.00 Å². The highest BCUT2D eigenvalue weighted by atomic mass is 32.2. The average Bonchev–Trinajstić information content (AvgIpc) is 2.31. The van der Waals surface area contributed by atoms with E-state index in [1.807, 2.05) is 33.8 Å². The maximum Gasteiger partial charge on any atom is 0.237 e. The SMILES string of the molecule is Cc1ccc(NC(=O)CS(=O)C(C)C(C)C)c(N)c1. The first-order valence-electron chi connectivity index (χ1n) is 6.34. The van der Waals surface area contributed by atoms with E-state index >= 15 is 0 Å². The molecule has 0 saturated heterocycles. The van der Waals surface area contributed by atoms with E-state index in [9.17, 15) is 9.00 Å². The fourth-order valence-corrected chi connectivity index (χ4v) is 2.75. The first-order valence-corrected chi connectivity index (χ1v) is 7.72. The summed E-state index contributed by atoms with van der Waals surface area (Å²) in [7, 11) is -1.16. The van der Waals surface area contributed by atoms with Crippen LogP contribution in [-0.4, -0.2) is 21.1 Å². The summed E-state index contributed by atoms with van der Waals surface area (Å²) in [5, 5.41) is 2.71. The van der Waals surface area contributed by atoms with Gasteiger partial charge in [0.05, 0.1) is 11.4 Å². The normalized spacial score (nSPS) is 14.2. The molecule has 19 heavy (non-hydrogen) atoms. The van der Waals surface area contributed by atoms with E-state index in [-0.39, 0.29) is 22.8 Å². The molecule has 1 aromatic carbocycles. The minimum Gasteiger partial charge on any atom is -0.397 e. The van der Waals surface area contributed by atoms with Crippen molar-refractivity contribution in [2.45, 2.75) is 32.9 Å². The van der Waals surface area contributed by atoms with Gasteiger partial charge in [-0.25, -0.2) is 0 Å². The summed E-state index contributed by atoms with van der Waals surface area (Å²) in [6, 6.07) is 5.43. The van der Waals surface area contributed by atoms with E-state index in [1.54, 1.807) is 12.1 Å². The van der Waals surface area contributed by atoms with Gasteiger partial charge in [0.25, 0.3) is 0 Å². The predicted octanol–water partition coefficient (Wildman–Crippen LogP) is 2.31. The second kappa shape index (κ2) is 6.70. The number of carbonyl (C=O) groups excluding carboxylic acids is 1. The van der Waals surface area contributed by atoms with Crippen molar-refractivity contribution in [2.24, 2.45) is 5.92 Å². The molecule has 0 aliphatic heterocycles. The number of anilines is 2. The maximum atomic E-state index is 11.9. The molecule has 0 radical (unpaired) electrons. The van der Waals surface area contributed by atoms with Gasteiger partial charge in [0.15, 0.2) is 0 Å². The molecule has 0 spiro atoms. The van der Waals surface area contributed by atoms with Gasteiger partial charge in [0.1, 0.15) is 5.75 Å². The molecule has 0 aromatic heterocycles. The van der Waals surface area contributed by atoms with Crippen LogP contribution in [0.5, 0.6) is 0 Å². The Morgan fingerprint density at radius 2 is 2.00 bits per heavy atom. The van der Waals surface area contributed by atoms with Crippen molar-refractivity contribution in [1.82, 2.24) is 0 Å². The highest BCUT2D eigenvalue weighted by molar-refractivity contribution is 7.86. The van der Waals surface area contributed by atoms with Crippen molar-refractivity contribution in [1.29, 1.82) is 0 Å². The number of rotatable bonds is 5. The summed E-state index contributed by atoms with van der Waals surface area (Å²) < 4.78 is 11.9. The molecule has 3 N–H and O–H groups in total. The van der Waals surface area contributed by atoms with Gasteiger partial charge in [-0.1, -0.05) is 26.8 Å². The molecule has 2 unspecified atom stereocenters. The van der Waals surface area contributed by atoms with Crippen LogP contribution in [0.3, 0.4) is 0 Å². The third kappa shape index (κ3) is 4.67. The molecule has 0 aliphatic rings. The Morgan fingerprint density at radius 3 is 2.53 bits per heavy atom. The van der Waals surface area contributed by atoms with Gasteiger partial charge < -0.3 is 11.1 Å². The fraction of sp³-hybridized carbons (Fsp3) is 0.500. The zero-order chi connectivity index (χ0) is 14.6. The van der Waals surface area contributed by atoms with Crippen LogP contribution in [0.15, 0.2) is 18.2 Å². The van der Waals surface area contributed by atoms with Crippen LogP contribution >= 0.6 is 0 Å². The zero-order valence-corrected chi connectivity index (χ0v) is 12.7. The number of aryl methyl sites for hydroxylation is 1. The Labute approximate surface area is 117 Å². The van der Waals surface area contributed by atoms with Crippen molar-refractivity contribution in [3.05, 3.63) is 23.8 Å². The number of amides is 1. The Morgan fingerprint density at radius 1 is 1.37 bits per heavy atom. The van der Waals surface area contributed by atoms with E-state index in [0.717, 1.165) is 5.56 Å². The predicted molar refractivity (Wildman–Crippen MR) is 81.5 cm³/mol. The number of nitrogens with one attached hydrogen (secondary N) is 1. The van der Waals surface area contributed by atoms with Gasteiger partial charge in [-0.2, -0.15) is 0 Å². The molecule has 106 valence electrons. The number of nitrogen functional groups attached to an aromatic ring is 1. The molecule has 0 fully saturated rings. The lowest BCUT2D eigenvalue weighted by Gasteiger charge is -2.15. The molecule has 4 nitrogen and oxygen atoms in total. The van der Waals surface area contributed by atoms with Gasteiger partial charge >= 0.3 is 0 Å². The van der Waals surface area contributed by atoms with Crippen molar-refractivity contribution in [3.63, 3.8) is 0 Å². The third-order valence-electron chi connectivity index (χ3n) is 3.11. The minimum atomic E-state index is -1.16. The van der Waals surface area contributed by atoms with Crippen molar-refractivity contribution < 1.29 is 9.00 Å². The number of benzene rings is 1. The molecular formula is C14H22N2O2S. The Hall–Kier alpha value is -1.36. The number of hydrogen-bond acceptors (Lipinski definition) is 3. The number of hydrogen-bond donors (Lipinski definition) is 2. The summed E-state index contributed by atoms with van der Waals surface area (Å²) >= 11 is 0. The van der Waals surface area contributed by atoms with Crippen molar-refractivity contribution in [3.8, 4) is 0 Å². The van der Waals surface area contributed by atoms with Crippen LogP contribution in [0.25, 0.3) is 0 Å². The monoisotopic (exact) mass is 282 g/mol. The smallest absolute Gasteiger partial charge is 0.237 e. The lowest BCUT2D eigenvalue weighted by Crippen LogP contribution is -2.27. The summed E-state index contributed by atoms with van der Waals surface area (Å²) in [5.41, 5.74) is 7.95. The average molecular weight is 282 g/mol. The lowest BCUT2D eigenvalue weighted by molar-refractivity contribution is -0.113. The topological polar surface area (TPSA) is 72.2 Å². The van der Waals surface area contributed by atoms with E-state index < -0.39 is 10.8 Å². The fourth-order valence-electron chi connectivity index (χ4n) is 1.55. The van der Waals surface area contributed by atoms with Gasteiger partial charge in [0, 0.05) is 16.0 Å². The van der Waals surface area contributed by atoms with E-state index in [4.69, 9.17) is 5.73 Å². The molecule has 0 heterocycles. The summed E-state index contributed by atoms with van der Waals surface area (Å²) in [4.78, 5) is 11.8. The number of nitrogens with two attached hydrogens (primary N) is 1. The quantitative estimate of drug-likeness (QED) is 0.814. The second-order valence-corrected chi connectivity index (χ2v) is 6.91. The molecule has 0 aliphatic carbocycles. The Balaban J connectivity index is 2.63. The van der Waals surface area contributed by atoms with Crippen LogP contribution in [0.4, 0.5) is 11.4 Å². The van der Waals surface area contributed by atoms with Crippen molar-refractivity contribution in [2.75, 3.05) is 16.8 Å². The van der Waals surface area contributed by atoms with Gasteiger partial charge in [-0.05, 0) is 30.5 Å². The third-order valence-corrected chi connectivity index (χ3v) is 5.03. The Kier molecular flexibility index (Phi) is 5.54. The van der Waals surface area contributed by atoms with Gasteiger partial charge in [0.2, 0.25) is 5.91 Å². The highest BCUT2D eigenvalue weighted by Gasteiger charge is 2.18. The lowest BCUT2D eigenvalue weighted by atomic mass is 10.2. The van der Waals surface area contributed by atoms with Gasteiger partial charge in [-0.15, -0.1) is 0 Å². The van der Waals surface area contributed by atoms with Crippen LogP contribution in [0.2, 0.25) is 0 Å². The van der Waals surface area contributed by atoms with Crippen LogP contribution < -0.4 is 11.1 Å². The van der Waals surface area contributed by atoms with Crippen LogP contribution in [0.1, 0.15) is 26.3 Å². The van der Waals surface area contributed by atoms with E-state index in [1.165, 1.54) is 0 Å². The first kappa shape index (κ1) is 15.7. The largest absolute Gasteiger partial charge is 0.397 e. The molecule has 1 aromatic rings. The Bertz CT molecular complexity index is 486. The van der Waals surface area contributed by atoms with E-state index in [2.05, 4.69) is 5.32 Å². The standard InChI is InChI=1S/C14H22N2O2S/c1-9(2)11(4)19(18)8-14(17)16-13-6-5-10(3)7-12(13)15/h5-7,9,11H,8,15H2,1-4H3,(H,16,17). The van der Waals surface area contributed by atoms with Crippen molar-refractivity contribution >= 4 is 28.1 Å². The highest BCUT2D eigenvalue weighted by Crippen LogP contribution is 2.19. The molecule has 2 atom stereocenters. The molecule has 1 amide bonds. The molecule has 1 rings (SSSR count). The second-order valence-electron chi connectivity index (χ2n) is 5.11. The minimum absolute atomic E-state index is 0.00103. The maximum absolute atomic E-state index is 11.9. The molecular weight excluding hydrogens is 260 g/mol. The first-order chi connectivity index (χ1) is 8.81. The summed E-state index contributed by atoms with van der Waals surface area (Å²) in [6.45, 7) is 7.83. The molecule has 5 heteroatoms. The molecule has 0 saturated carbocycles. The van der Waals surface area contributed by atoms with Crippen LogP contribution in [-0.2, 0) is 15.6 Å².